The molecule has 2 saturated heterocycles. The van der Waals surface area contributed by atoms with E-state index in [9.17, 15) is 22.7 Å². The molecule has 13 heteroatoms. The van der Waals surface area contributed by atoms with E-state index in [4.69, 9.17) is 25.9 Å². The zero-order valence-corrected chi connectivity index (χ0v) is 25.9. The van der Waals surface area contributed by atoms with Gasteiger partial charge in [0.05, 0.1) is 37.6 Å². The Bertz CT molecular complexity index is 1820. The molecule has 4 heterocycles. The molecule has 3 fully saturated rings. The molecule has 4 aromatic rings. The molecule has 3 aliphatic rings. The summed E-state index contributed by atoms with van der Waals surface area (Å²) < 4.78 is 68.2. The van der Waals surface area contributed by atoms with Gasteiger partial charge in [-0.3, -0.25) is 0 Å². The minimum absolute atomic E-state index is 0.0211. The number of aromatic hydroxyl groups is 1. The highest BCUT2D eigenvalue weighted by molar-refractivity contribution is 5.92. The summed E-state index contributed by atoms with van der Waals surface area (Å²) in [4.78, 5) is 18.5. The lowest BCUT2D eigenvalue weighted by Crippen LogP contribution is -2.42. The van der Waals surface area contributed by atoms with Gasteiger partial charge in [0.1, 0.15) is 11.6 Å². The molecule has 0 unspecified atom stereocenters. The van der Waals surface area contributed by atoms with E-state index in [1.54, 1.807) is 29.1 Å². The van der Waals surface area contributed by atoms with Gasteiger partial charge in [0.25, 0.3) is 0 Å². The molecule has 0 spiro atoms. The van der Waals surface area contributed by atoms with E-state index in [0.717, 1.165) is 19.3 Å². The van der Waals surface area contributed by atoms with Crippen molar-refractivity contribution in [1.82, 2.24) is 24.4 Å². The Balaban J connectivity index is 1.18. The van der Waals surface area contributed by atoms with Crippen molar-refractivity contribution in [2.45, 2.75) is 44.8 Å². The summed E-state index contributed by atoms with van der Waals surface area (Å²) in [6.45, 7) is 4.52. The Kier molecular flexibility index (Phi) is 8.34. The number of piperidine rings is 1. The molecule has 0 bridgehead atoms. The highest BCUT2D eigenvalue weighted by atomic mass is 19.4. The van der Waals surface area contributed by atoms with Crippen LogP contribution in [0.25, 0.3) is 21.9 Å². The Morgan fingerprint density at radius 1 is 1.09 bits per heavy atom. The summed E-state index contributed by atoms with van der Waals surface area (Å²) in [6, 6.07) is 5.98. The standard InChI is InChI=1S/C34H36F4N6O3/c1-2-26-27(35)5-4-22-16-25(45)17-23(28(22)26)18-44-21-39-29-30(44)40-32(43-10-3-14-46-15-13-43)41-31(29)47-20-33(8-9-33)19-42-11-6-24(7-12-42)34(36,37)38/h1,4-5,16-17,21,24,45H,3,6-15,18-20H2. The molecular weight excluding hydrogens is 616 g/mol. The smallest absolute Gasteiger partial charge is 0.391 e. The topological polar surface area (TPSA) is 88.8 Å². The Hall–Kier alpha value is -4.15. The first kappa shape index (κ1) is 31.4. The van der Waals surface area contributed by atoms with Gasteiger partial charge in [-0.1, -0.05) is 12.0 Å². The van der Waals surface area contributed by atoms with Crippen molar-refractivity contribution in [2.75, 3.05) is 57.4 Å². The van der Waals surface area contributed by atoms with Gasteiger partial charge in [-0.25, -0.2) is 9.37 Å². The van der Waals surface area contributed by atoms with Crippen LogP contribution < -0.4 is 9.64 Å². The van der Waals surface area contributed by atoms with E-state index in [2.05, 4.69) is 15.8 Å². The third kappa shape index (κ3) is 6.53. The van der Waals surface area contributed by atoms with Crippen LogP contribution in [0.5, 0.6) is 11.6 Å². The number of likely N-dealkylation sites (tertiary alicyclic amines) is 1. The van der Waals surface area contributed by atoms with E-state index < -0.39 is 17.9 Å². The van der Waals surface area contributed by atoms with Crippen LogP contribution in [-0.4, -0.2) is 88.2 Å². The fraction of sp³-hybridized carbons (Fsp3) is 0.500. The van der Waals surface area contributed by atoms with Gasteiger partial charge in [0.15, 0.2) is 11.2 Å². The zero-order valence-electron chi connectivity index (χ0n) is 25.9. The Morgan fingerprint density at radius 3 is 2.64 bits per heavy atom. The summed E-state index contributed by atoms with van der Waals surface area (Å²) in [5.41, 5.74) is 1.52. The van der Waals surface area contributed by atoms with Crippen LogP contribution >= 0.6 is 0 Å². The third-order valence-electron chi connectivity index (χ3n) is 9.63. The van der Waals surface area contributed by atoms with Crippen molar-refractivity contribution in [2.24, 2.45) is 11.3 Å². The fourth-order valence-electron chi connectivity index (χ4n) is 6.81. The van der Waals surface area contributed by atoms with E-state index >= 15 is 0 Å². The number of phenols is 1. The zero-order chi connectivity index (χ0) is 32.8. The molecule has 7 rings (SSSR count). The molecular formula is C34H36F4N6O3. The number of terminal acetylenes is 1. The van der Waals surface area contributed by atoms with E-state index in [0.29, 0.717) is 91.9 Å². The number of hydrogen-bond acceptors (Lipinski definition) is 8. The number of anilines is 1. The predicted molar refractivity (Wildman–Crippen MR) is 168 cm³/mol. The molecule has 1 saturated carbocycles. The number of fused-ring (bicyclic) bond motifs is 2. The van der Waals surface area contributed by atoms with Crippen molar-refractivity contribution in [1.29, 1.82) is 0 Å². The Morgan fingerprint density at radius 2 is 1.89 bits per heavy atom. The average Bonchev–Trinajstić information content (AvgIpc) is 3.77. The number of hydrogen-bond donors (Lipinski definition) is 1. The lowest BCUT2D eigenvalue weighted by atomic mass is 9.95. The molecule has 2 aromatic heterocycles. The third-order valence-corrected chi connectivity index (χ3v) is 9.63. The SMILES string of the molecule is C#Cc1c(F)ccc2cc(O)cc(Cn3cnc4c(OCC5(CN6CCC(C(F)(F)F)CC6)CC5)nc(N5CCCOCC5)nc43)c12. The minimum Gasteiger partial charge on any atom is -0.508 e. The molecule has 0 atom stereocenters. The number of halogens is 4. The summed E-state index contributed by atoms with van der Waals surface area (Å²) >= 11 is 0. The van der Waals surface area contributed by atoms with Crippen LogP contribution in [-0.2, 0) is 11.3 Å². The molecule has 2 aliphatic heterocycles. The Labute approximate surface area is 269 Å². The summed E-state index contributed by atoms with van der Waals surface area (Å²) in [5, 5.41) is 11.6. The largest absolute Gasteiger partial charge is 0.508 e. The molecule has 47 heavy (non-hydrogen) atoms. The highest BCUT2D eigenvalue weighted by Crippen LogP contribution is 2.47. The minimum atomic E-state index is -4.14. The molecule has 0 amide bonds. The summed E-state index contributed by atoms with van der Waals surface area (Å²) in [5.74, 6) is 1.52. The van der Waals surface area contributed by atoms with Crippen molar-refractivity contribution in [3.05, 3.63) is 47.5 Å². The molecule has 1 N–H and O–H groups in total. The van der Waals surface area contributed by atoms with Gasteiger partial charge in [-0.05, 0) is 74.3 Å². The predicted octanol–water partition coefficient (Wildman–Crippen LogP) is 5.51. The van der Waals surface area contributed by atoms with Crippen LogP contribution in [0.15, 0.2) is 30.6 Å². The van der Waals surface area contributed by atoms with Gasteiger partial charge in [-0.15, -0.1) is 6.42 Å². The van der Waals surface area contributed by atoms with Crippen molar-refractivity contribution >= 4 is 27.9 Å². The number of phenolic OH excluding ortho intramolecular Hbond substituents is 1. The first-order chi connectivity index (χ1) is 22.6. The number of nitrogens with zero attached hydrogens (tertiary/aromatic N) is 6. The van der Waals surface area contributed by atoms with Crippen molar-refractivity contribution in [3.63, 3.8) is 0 Å². The second-order valence-corrected chi connectivity index (χ2v) is 13.0. The fourth-order valence-corrected chi connectivity index (χ4v) is 6.81. The maximum Gasteiger partial charge on any atom is 0.391 e. The normalized spacial score (nSPS) is 19.2. The number of aromatic nitrogens is 4. The van der Waals surface area contributed by atoms with Crippen LogP contribution in [0.2, 0.25) is 0 Å². The molecule has 1 aliphatic carbocycles. The van der Waals surface area contributed by atoms with Gasteiger partial charge in [0, 0.05) is 37.0 Å². The van der Waals surface area contributed by atoms with Crippen LogP contribution in [0.4, 0.5) is 23.5 Å². The van der Waals surface area contributed by atoms with Crippen LogP contribution in [0, 0.1) is 29.5 Å². The first-order valence-electron chi connectivity index (χ1n) is 16.0. The second kappa shape index (κ2) is 12.5. The van der Waals surface area contributed by atoms with Crippen molar-refractivity contribution in [3.8, 4) is 24.0 Å². The summed E-state index contributed by atoms with van der Waals surface area (Å²) in [7, 11) is 0. The molecule has 9 nitrogen and oxygen atoms in total. The average molecular weight is 653 g/mol. The number of alkyl halides is 3. The lowest BCUT2D eigenvalue weighted by Gasteiger charge is -2.35. The monoisotopic (exact) mass is 652 g/mol. The first-order valence-corrected chi connectivity index (χ1v) is 16.0. The quantitative estimate of drug-likeness (QED) is 0.197. The maximum absolute atomic E-state index is 14.8. The second-order valence-electron chi connectivity index (χ2n) is 13.0. The van der Waals surface area contributed by atoms with Crippen molar-refractivity contribution < 1.29 is 32.1 Å². The van der Waals surface area contributed by atoms with Gasteiger partial charge >= 0.3 is 6.18 Å². The van der Waals surface area contributed by atoms with Crippen LogP contribution in [0.1, 0.15) is 43.2 Å². The number of rotatable bonds is 8. The van der Waals surface area contributed by atoms with Gasteiger partial charge < -0.3 is 28.9 Å². The highest BCUT2D eigenvalue weighted by Gasteiger charge is 2.47. The molecule has 2 aromatic carbocycles. The van der Waals surface area contributed by atoms with E-state index in [1.165, 1.54) is 6.07 Å². The summed E-state index contributed by atoms with van der Waals surface area (Å²) in [6.07, 6.45) is 6.07. The van der Waals surface area contributed by atoms with Crippen LogP contribution in [0.3, 0.4) is 0 Å². The number of imidazole rings is 1. The van der Waals surface area contributed by atoms with Gasteiger partial charge in [0.2, 0.25) is 11.8 Å². The van der Waals surface area contributed by atoms with Gasteiger partial charge in [-0.2, -0.15) is 23.1 Å². The number of benzene rings is 2. The lowest BCUT2D eigenvalue weighted by molar-refractivity contribution is -0.185. The van der Waals surface area contributed by atoms with E-state index in [-0.39, 0.29) is 36.1 Å². The van der Waals surface area contributed by atoms with E-state index in [1.807, 2.05) is 4.90 Å². The maximum atomic E-state index is 14.8. The molecule has 248 valence electrons. The molecule has 0 radical (unpaired) electrons. The number of ether oxygens (including phenoxy) is 2.